The number of piperidine rings is 1. The lowest BCUT2D eigenvalue weighted by Gasteiger charge is -2.37. The molecular formula is C28H29N5O. The number of rotatable bonds is 5. The Balaban J connectivity index is 1.23. The summed E-state index contributed by atoms with van der Waals surface area (Å²) in [5, 5.41) is 5.49. The van der Waals surface area contributed by atoms with E-state index in [0.717, 1.165) is 29.9 Å². The van der Waals surface area contributed by atoms with Crippen molar-refractivity contribution in [1.82, 2.24) is 19.2 Å². The second-order valence-corrected chi connectivity index (χ2v) is 9.59. The molecule has 2 atom stereocenters. The number of carbonyl (C=O) groups excluding carboxylic acids is 1. The van der Waals surface area contributed by atoms with E-state index in [1.54, 1.807) is 10.7 Å². The van der Waals surface area contributed by atoms with Gasteiger partial charge in [-0.05, 0) is 79.3 Å². The summed E-state index contributed by atoms with van der Waals surface area (Å²) in [5.74, 6) is 0.175. The van der Waals surface area contributed by atoms with Gasteiger partial charge in [0.2, 0.25) is 0 Å². The maximum atomic E-state index is 11.5. The molecule has 4 aromatic rings. The summed E-state index contributed by atoms with van der Waals surface area (Å²) in [6.45, 7) is 6.30. The van der Waals surface area contributed by atoms with E-state index in [-0.39, 0.29) is 5.69 Å². The van der Waals surface area contributed by atoms with Gasteiger partial charge in [0.15, 0.2) is 5.69 Å². The topological polar surface area (TPSA) is 69.1 Å². The number of nitrogens with zero attached hydrogens (tertiary/aromatic N) is 4. The molecule has 6 rings (SSSR count). The van der Waals surface area contributed by atoms with Gasteiger partial charge in [-0.25, -0.2) is 4.68 Å². The van der Waals surface area contributed by atoms with Crippen LogP contribution in [0.15, 0.2) is 66.9 Å². The normalized spacial score (nSPS) is 19.9. The van der Waals surface area contributed by atoms with Crippen LogP contribution in [0.4, 0.5) is 0 Å². The minimum absolute atomic E-state index is 0.281. The van der Waals surface area contributed by atoms with E-state index in [9.17, 15) is 4.79 Å². The van der Waals surface area contributed by atoms with Crippen LogP contribution in [0.2, 0.25) is 0 Å². The van der Waals surface area contributed by atoms with Crippen molar-refractivity contribution >= 4 is 22.4 Å². The second kappa shape index (κ2) is 8.29. The van der Waals surface area contributed by atoms with Gasteiger partial charge in [0, 0.05) is 42.4 Å². The quantitative estimate of drug-likeness (QED) is 0.489. The molecule has 2 aromatic heterocycles. The highest BCUT2D eigenvalue weighted by Crippen LogP contribution is 2.34. The van der Waals surface area contributed by atoms with Crippen molar-refractivity contribution in [2.24, 2.45) is 11.7 Å². The Morgan fingerprint density at radius 2 is 1.97 bits per heavy atom. The van der Waals surface area contributed by atoms with Crippen LogP contribution >= 0.6 is 0 Å². The molecule has 1 unspecified atom stereocenters. The molecular weight excluding hydrogens is 422 g/mol. The fourth-order valence-corrected chi connectivity index (χ4v) is 5.54. The standard InChI is InChI=1S/C28H29N5O/c1-19-15-26(28(29)34)30-33(19)24-8-9-27-22(16-24)10-14-32(27)17-20-4-6-21(7-5-20)25-11-13-31-12-2-3-23(25)18-31/h4-11,14-16,23H,2-3,12-13,17-18H2,1H3,(H2,29,34)/t23-/m0/s1. The Bertz CT molecular complexity index is 1410. The van der Waals surface area contributed by atoms with E-state index < -0.39 is 5.91 Å². The van der Waals surface area contributed by atoms with E-state index in [2.05, 4.69) is 69.3 Å². The van der Waals surface area contributed by atoms with E-state index in [4.69, 9.17) is 5.73 Å². The van der Waals surface area contributed by atoms with Gasteiger partial charge in [0.25, 0.3) is 5.91 Å². The first-order valence-electron chi connectivity index (χ1n) is 12.0. The molecule has 0 aliphatic carbocycles. The highest BCUT2D eigenvalue weighted by molar-refractivity contribution is 5.91. The van der Waals surface area contributed by atoms with Crippen LogP contribution in [-0.4, -0.2) is 44.8 Å². The molecule has 0 radical (unpaired) electrons. The number of benzene rings is 2. The third-order valence-corrected chi connectivity index (χ3v) is 7.29. The van der Waals surface area contributed by atoms with Gasteiger partial charge in [-0.2, -0.15) is 5.10 Å². The number of hydrogen-bond acceptors (Lipinski definition) is 3. The first kappa shape index (κ1) is 20.9. The number of aromatic nitrogens is 3. The van der Waals surface area contributed by atoms with E-state index in [0.29, 0.717) is 5.92 Å². The summed E-state index contributed by atoms with van der Waals surface area (Å²) in [4.78, 5) is 14.1. The fraction of sp³-hybridized carbons (Fsp3) is 0.286. The Kier molecular flexibility index (Phi) is 5.11. The lowest BCUT2D eigenvalue weighted by atomic mass is 9.83. The van der Waals surface area contributed by atoms with E-state index in [1.807, 2.05) is 13.0 Å². The van der Waals surface area contributed by atoms with Crippen LogP contribution in [0.3, 0.4) is 0 Å². The first-order chi connectivity index (χ1) is 16.5. The van der Waals surface area contributed by atoms with Gasteiger partial charge in [-0.3, -0.25) is 9.69 Å². The predicted octanol–water partition coefficient (Wildman–Crippen LogP) is 4.39. The molecule has 2 aliphatic heterocycles. The zero-order valence-corrected chi connectivity index (χ0v) is 19.4. The van der Waals surface area contributed by atoms with E-state index >= 15 is 0 Å². The predicted molar refractivity (Wildman–Crippen MR) is 135 cm³/mol. The van der Waals surface area contributed by atoms with Gasteiger partial charge in [-0.15, -0.1) is 0 Å². The maximum absolute atomic E-state index is 11.5. The van der Waals surface area contributed by atoms with Crippen LogP contribution in [0.1, 0.15) is 40.2 Å². The molecule has 0 spiro atoms. The van der Waals surface area contributed by atoms with Crippen molar-refractivity contribution in [2.75, 3.05) is 19.6 Å². The summed E-state index contributed by atoms with van der Waals surface area (Å²) in [5.41, 5.74) is 12.8. The monoisotopic (exact) mass is 451 g/mol. The summed E-state index contributed by atoms with van der Waals surface area (Å²) in [6.07, 6.45) is 7.19. The zero-order chi connectivity index (χ0) is 23.2. The number of aryl methyl sites for hydroxylation is 1. The summed E-state index contributed by atoms with van der Waals surface area (Å²) in [7, 11) is 0. The van der Waals surface area contributed by atoms with Gasteiger partial charge in [0.1, 0.15) is 0 Å². The van der Waals surface area contributed by atoms with Gasteiger partial charge in [-0.1, -0.05) is 30.3 Å². The Hall–Kier alpha value is -3.64. The smallest absolute Gasteiger partial charge is 0.269 e. The molecule has 1 fully saturated rings. The van der Waals surface area contributed by atoms with Gasteiger partial charge < -0.3 is 10.3 Å². The SMILES string of the molecule is Cc1cc(C(N)=O)nn1-c1ccc2c(ccn2Cc2ccc(C3=CCN4CCC[C@H]3C4)cc2)c1. The third kappa shape index (κ3) is 3.74. The molecule has 1 amide bonds. The molecule has 34 heavy (non-hydrogen) atoms. The number of fused-ring (bicyclic) bond motifs is 3. The average Bonchev–Trinajstić information content (AvgIpc) is 3.43. The van der Waals surface area contributed by atoms with Crippen molar-refractivity contribution in [3.63, 3.8) is 0 Å². The Morgan fingerprint density at radius 3 is 2.76 bits per heavy atom. The zero-order valence-electron chi connectivity index (χ0n) is 19.4. The first-order valence-corrected chi connectivity index (χ1v) is 12.0. The minimum atomic E-state index is -0.513. The summed E-state index contributed by atoms with van der Waals surface area (Å²) in [6, 6.07) is 19.2. The molecule has 2 N–H and O–H groups in total. The molecule has 4 heterocycles. The Morgan fingerprint density at radius 1 is 1.12 bits per heavy atom. The second-order valence-electron chi connectivity index (χ2n) is 9.59. The highest BCUT2D eigenvalue weighted by Gasteiger charge is 2.26. The van der Waals surface area contributed by atoms with Gasteiger partial charge >= 0.3 is 0 Å². The molecule has 6 nitrogen and oxygen atoms in total. The van der Waals surface area contributed by atoms with Crippen molar-refractivity contribution in [3.8, 4) is 5.69 Å². The molecule has 6 heteroatoms. The number of hydrogen-bond donors (Lipinski definition) is 1. The lowest BCUT2D eigenvalue weighted by molar-refractivity contribution is 0.0995. The number of nitrogens with two attached hydrogens (primary N) is 1. The van der Waals surface area contributed by atoms with Gasteiger partial charge in [0.05, 0.1) is 5.69 Å². The molecule has 2 bridgehead atoms. The number of carbonyl (C=O) groups is 1. The largest absolute Gasteiger partial charge is 0.364 e. The van der Waals surface area contributed by atoms with Crippen molar-refractivity contribution in [3.05, 3.63) is 89.4 Å². The fourth-order valence-electron chi connectivity index (χ4n) is 5.54. The molecule has 172 valence electrons. The molecule has 2 aliphatic rings. The van der Waals surface area contributed by atoms with Crippen LogP contribution in [-0.2, 0) is 6.54 Å². The van der Waals surface area contributed by atoms with E-state index in [1.165, 1.54) is 48.1 Å². The van der Waals surface area contributed by atoms with Crippen molar-refractivity contribution in [1.29, 1.82) is 0 Å². The van der Waals surface area contributed by atoms with Crippen LogP contribution in [0.25, 0.3) is 22.2 Å². The third-order valence-electron chi connectivity index (χ3n) is 7.29. The Labute approximate surface area is 199 Å². The lowest BCUT2D eigenvalue weighted by Crippen LogP contribution is -2.39. The molecule has 0 saturated carbocycles. The molecule has 1 saturated heterocycles. The average molecular weight is 452 g/mol. The number of primary amides is 1. The minimum Gasteiger partial charge on any atom is -0.364 e. The molecule has 2 aromatic carbocycles. The van der Waals surface area contributed by atoms with Crippen LogP contribution in [0.5, 0.6) is 0 Å². The summed E-state index contributed by atoms with van der Waals surface area (Å²) >= 11 is 0. The van der Waals surface area contributed by atoms with Crippen LogP contribution in [0, 0.1) is 12.8 Å². The van der Waals surface area contributed by atoms with Crippen molar-refractivity contribution < 1.29 is 4.79 Å². The number of amides is 1. The van der Waals surface area contributed by atoms with Crippen LogP contribution < -0.4 is 5.73 Å². The highest BCUT2D eigenvalue weighted by atomic mass is 16.1. The summed E-state index contributed by atoms with van der Waals surface area (Å²) < 4.78 is 4.04. The van der Waals surface area contributed by atoms with Crippen molar-refractivity contribution in [2.45, 2.75) is 26.3 Å². The maximum Gasteiger partial charge on any atom is 0.269 e.